The van der Waals surface area contributed by atoms with Gasteiger partial charge in [0.05, 0.1) is 19.1 Å². The van der Waals surface area contributed by atoms with Crippen LogP contribution in [-0.2, 0) is 15.4 Å². The van der Waals surface area contributed by atoms with Crippen molar-refractivity contribution in [3.8, 4) is 5.75 Å². The van der Waals surface area contributed by atoms with Crippen LogP contribution in [0.4, 0.5) is 0 Å². The van der Waals surface area contributed by atoms with Crippen molar-refractivity contribution < 1.29 is 18.8 Å². The Balaban J connectivity index is 1.56. The summed E-state index contributed by atoms with van der Waals surface area (Å²) >= 11 is 1.29. The number of carbonyl (C=O) groups is 1. The highest BCUT2D eigenvalue weighted by Gasteiger charge is 2.27. The summed E-state index contributed by atoms with van der Waals surface area (Å²) in [4.78, 5) is 12.2. The Morgan fingerprint density at radius 1 is 1.26 bits per heavy atom. The summed E-state index contributed by atoms with van der Waals surface area (Å²) in [6, 6.07) is 15.8. The van der Waals surface area contributed by atoms with Gasteiger partial charge in [0, 0.05) is 22.5 Å². The molecule has 4 nitrogen and oxygen atoms in total. The Morgan fingerprint density at radius 3 is 2.87 bits per heavy atom. The first-order valence-corrected chi connectivity index (χ1v) is 8.31. The van der Waals surface area contributed by atoms with Gasteiger partial charge in [0.2, 0.25) is 0 Å². The number of benzene rings is 2. The van der Waals surface area contributed by atoms with Crippen molar-refractivity contribution in [3.63, 3.8) is 0 Å². The van der Waals surface area contributed by atoms with Gasteiger partial charge >= 0.3 is 5.97 Å². The van der Waals surface area contributed by atoms with Crippen LogP contribution in [0.25, 0.3) is 0 Å². The van der Waals surface area contributed by atoms with Crippen LogP contribution in [0.1, 0.15) is 23.5 Å². The molecule has 0 bridgehead atoms. The number of rotatable bonds is 6. The molecule has 0 radical (unpaired) electrons. The van der Waals surface area contributed by atoms with Crippen molar-refractivity contribution in [2.45, 2.75) is 23.7 Å². The Hall–Kier alpha value is -1.98. The average Bonchev–Trinajstić information content (AvgIpc) is 2.59. The van der Waals surface area contributed by atoms with E-state index in [1.165, 1.54) is 17.6 Å². The lowest BCUT2D eigenvalue weighted by Crippen LogP contribution is -2.20. The number of ether oxygens (including phenoxy) is 1. The summed E-state index contributed by atoms with van der Waals surface area (Å²) in [5, 5.41) is 9.25. The Morgan fingerprint density at radius 2 is 2.09 bits per heavy atom. The molecule has 1 aliphatic rings. The van der Waals surface area contributed by atoms with Crippen LogP contribution < -0.4 is 4.74 Å². The lowest BCUT2D eigenvalue weighted by Gasteiger charge is -2.23. The number of hydrogen-bond acceptors (Lipinski definition) is 4. The monoisotopic (exact) mass is 330 g/mol. The van der Waals surface area contributed by atoms with Crippen LogP contribution in [0, 0.1) is 0 Å². The van der Waals surface area contributed by atoms with Gasteiger partial charge < -0.3 is 14.0 Å². The van der Waals surface area contributed by atoms with Crippen molar-refractivity contribution >= 4 is 18.0 Å². The molecule has 0 aliphatic carbocycles. The molecule has 0 aromatic heterocycles. The van der Waals surface area contributed by atoms with Gasteiger partial charge in [0.15, 0.2) is 0 Å². The van der Waals surface area contributed by atoms with Crippen LogP contribution in [0.3, 0.4) is 0 Å². The second kappa shape index (κ2) is 7.53. The normalized spacial score (nSPS) is 16.4. The fraction of sp³-hybridized carbons (Fsp3) is 0.278. The van der Waals surface area contributed by atoms with E-state index in [1.54, 1.807) is 0 Å². The molecular formula is C18H18O4S. The van der Waals surface area contributed by atoms with Gasteiger partial charge in [-0.2, -0.15) is 0 Å². The third kappa shape index (κ3) is 4.06. The molecule has 120 valence electrons. The lowest BCUT2D eigenvalue weighted by atomic mass is 9.93. The van der Waals surface area contributed by atoms with Crippen molar-refractivity contribution in [2.75, 3.05) is 13.2 Å². The molecule has 1 N–H and O–H groups in total. The van der Waals surface area contributed by atoms with Crippen molar-refractivity contribution in [3.05, 3.63) is 59.7 Å². The molecule has 1 atom stereocenters. The predicted molar refractivity (Wildman–Crippen MR) is 88.9 cm³/mol. The number of carboxylic acid groups (broad SMARTS) is 1. The zero-order chi connectivity index (χ0) is 16.1. The van der Waals surface area contributed by atoms with Crippen LogP contribution >= 0.6 is 12.0 Å². The number of carboxylic acids is 1. The topological polar surface area (TPSA) is 55.8 Å². The van der Waals surface area contributed by atoms with E-state index >= 15 is 0 Å². The molecule has 5 heteroatoms. The molecule has 1 heterocycles. The fourth-order valence-electron chi connectivity index (χ4n) is 2.59. The zero-order valence-electron chi connectivity index (χ0n) is 12.6. The van der Waals surface area contributed by atoms with Gasteiger partial charge in [-0.3, -0.25) is 4.79 Å². The summed E-state index contributed by atoms with van der Waals surface area (Å²) in [6.45, 7) is 1.05. The number of fused-ring (bicyclic) bond motifs is 1. The van der Waals surface area contributed by atoms with Gasteiger partial charge in [-0.25, -0.2) is 0 Å². The van der Waals surface area contributed by atoms with Crippen LogP contribution in [0.5, 0.6) is 5.75 Å². The van der Waals surface area contributed by atoms with E-state index in [-0.39, 0.29) is 0 Å². The van der Waals surface area contributed by atoms with E-state index in [0.717, 1.165) is 16.9 Å². The smallest absolute Gasteiger partial charge is 0.311 e. The molecule has 2 aromatic rings. The van der Waals surface area contributed by atoms with Crippen molar-refractivity contribution in [2.24, 2.45) is 0 Å². The van der Waals surface area contributed by atoms with Crippen LogP contribution in [0.15, 0.2) is 53.4 Å². The van der Waals surface area contributed by atoms with E-state index in [0.29, 0.717) is 25.4 Å². The van der Waals surface area contributed by atoms with Gasteiger partial charge in [-0.05, 0) is 30.5 Å². The summed E-state index contributed by atoms with van der Waals surface area (Å²) < 4.78 is 11.2. The highest BCUT2D eigenvalue weighted by atomic mass is 32.2. The standard InChI is InChI=1S/C18H18O4S/c19-18(20)16-9-10-21-17-12-14(6-7-15(16)17)23-22-11-8-13-4-2-1-3-5-13/h1-7,12,16H,8-11H2,(H,19,20). The molecule has 0 saturated carbocycles. The molecule has 0 saturated heterocycles. The Labute approximate surface area is 139 Å². The minimum absolute atomic E-state index is 0.437. The van der Waals surface area contributed by atoms with Crippen LogP contribution in [-0.4, -0.2) is 24.3 Å². The molecule has 0 spiro atoms. The van der Waals surface area contributed by atoms with E-state index in [1.807, 2.05) is 36.4 Å². The highest BCUT2D eigenvalue weighted by molar-refractivity contribution is 7.94. The summed E-state index contributed by atoms with van der Waals surface area (Å²) in [5.41, 5.74) is 1.99. The molecule has 1 unspecified atom stereocenters. The second-order valence-corrected chi connectivity index (χ2v) is 6.24. The fourth-order valence-corrected chi connectivity index (χ4v) is 3.17. The first-order chi connectivity index (χ1) is 11.2. The summed E-state index contributed by atoms with van der Waals surface area (Å²) in [6.07, 6.45) is 1.37. The minimum atomic E-state index is -0.797. The Kier molecular flexibility index (Phi) is 5.20. The molecule has 3 rings (SSSR count). The van der Waals surface area contributed by atoms with Crippen molar-refractivity contribution in [1.82, 2.24) is 0 Å². The van der Waals surface area contributed by atoms with E-state index < -0.39 is 11.9 Å². The second-order valence-electron chi connectivity index (χ2n) is 5.37. The van der Waals surface area contributed by atoms with E-state index in [2.05, 4.69) is 12.1 Å². The first kappa shape index (κ1) is 15.9. The molecule has 0 amide bonds. The molecule has 0 fully saturated rings. The summed E-state index contributed by atoms with van der Waals surface area (Å²) in [7, 11) is 0. The predicted octanol–water partition coefficient (Wildman–Crippen LogP) is 3.90. The highest BCUT2D eigenvalue weighted by Crippen LogP contribution is 2.36. The molecular weight excluding hydrogens is 312 g/mol. The minimum Gasteiger partial charge on any atom is -0.493 e. The van der Waals surface area contributed by atoms with Gasteiger partial charge in [-0.1, -0.05) is 36.4 Å². The first-order valence-electron chi connectivity index (χ1n) is 7.57. The third-order valence-electron chi connectivity index (χ3n) is 3.79. The SMILES string of the molecule is O=C(O)C1CCOc2cc(SOCCc3ccccc3)ccc21. The third-order valence-corrected chi connectivity index (χ3v) is 4.53. The summed E-state index contributed by atoms with van der Waals surface area (Å²) in [5.74, 6) is -0.619. The maximum Gasteiger partial charge on any atom is 0.311 e. The van der Waals surface area contributed by atoms with Gasteiger partial charge in [0.25, 0.3) is 0 Å². The van der Waals surface area contributed by atoms with Gasteiger partial charge in [-0.15, -0.1) is 0 Å². The van der Waals surface area contributed by atoms with Crippen molar-refractivity contribution in [1.29, 1.82) is 0 Å². The average molecular weight is 330 g/mol. The number of aliphatic carboxylic acids is 1. The van der Waals surface area contributed by atoms with E-state index in [9.17, 15) is 9.90 Å². The largest absolute Gasteiger partial charge is 0.493 e. The van der Waals surface area contributed by atoms with E-state index in [4.69, 9.17) is 8.92 Å². The lowest BCUT2D eigenvalue weighted by molar-refractivity contribution is -0.139. The zero-order valence-corrected chi connectivity index (χ0v) is 13.4. The maximum absolute atomic E-state index is 11.3. The molecule has 23 heavy (non-hydrogen) atoms. The Bertz CT molecular complexity index is 672. The van der Waals surface area contributed by atoms with Crippen LogP contribution in [0.2, 0.25) is 0 Å². The number of hydrogen-bond donors (Lipinski definition) is 1. The molecule has 2 aromatic carbocycles. The van der Waals surface area contributed by atoms with Gasteiger partial charge in [0.1, 0.15) is 5.75 Å². The molecule has 1 aliphatic heterocycles. The maximum atomic E-state index is 11.3. The quantitative estimate of drug-likeness (QED) is 0.643.